The molecule has 0 unspecified atom stereocenters. The van der Waals surface area contributed by atoms with Crippen LogP contribution in [0.1, 0.15) is 48.0 Å². The number of methoxy groups -OCH3 is 2. The van der Waals surface area contributed by atoms with Crippen LogP contribution in [0.15, 0.2) is 46.9 Å². The quantitative estimate of drug-likeness (QED) is 0.458. The van der Waals surface area contributed by atoms with Crippen LogP contribution in [0, 0.1) is 5.92 Å². The van der Waals surface area contributed by atoms with Crippen molar-refractivity contribution in [3.05, 3.63) is 58.1 Å². The molecule has 2 aromatic carbocycles. The molecule has 7 heteroatoms. The maximum absolute atomic E-state index is 12.3. The van der Waals surface area contributed by atoms with E-state index in [9.17, 15) is 9.59 Å². The molecule has 1 amide bonds. The van der Waals surface area contributed by atoms with Crippen molar-refractivity contribution in [2.45, 2.75) is 38.7 Å². The normalized spacial score (nSPS) is 13.7. The molecule has 0 aromatic heterocycles. The molecular formula is C23H29BrN2O4. The summed E-state index contributed by atoms with van der Waals surface area (Å²) in [7, 11) is 3.01. The van der Waals surface area contributed by atoms with Gasteiger partial charge in [-0.1, -0.05) is 49.6 Å². The monoisotopic (exact) mass is 476 g/mol. The number of carbonyl (C=O) groups excluding carboxylic acids is 2. The minimum absolute atomic E-state index is 0.0282. The molecule has 1 aliphatic rings. The van der Waals surface area contributed by atoms with Crippen LogP contribution in [0.3, 0.4) is 0 Å². The Kier molecular flexibility index (Phi) is 9.83. The molecule has 1 fully saturated rings. The van der Waals surface area contributed by atoms with Crippen LogP contribution in [0.25, 0.3) is 0 Å². The first-order valence-corrected chi connectivity index (χ1v) is 10.8. The van der Waals surface area contributed by atoms with E-state index in [1.54, 1.807) is 19.2 Å². The number of nitrogen functional groups attached to an aromatic ring is 1. The number of nitrogens with one attached hydrogen (secondary N) is 1. The Labute approximate surface area is 186 Å². The van der Waals surface area contributed by atoms with Gasteiger partial charge in [-0.25, -0.2) is 4.79 Å². The summed E-state index contributed by atoms with van der Waals surface area (Å²) >= 11 is 3.27. The minimum Gasteiger partial charge on any atom is -0.465 e. The molecule has 1 aliphatic carbocycles. The zero-order valence-corrected chi connectivity index (χ0v) is 19.0. The average molecular weight is 477 g/mol. The van der Waals surface area contributed by atoms with Crippen molar-refractivity contribution in [1.82, 2.24) is 0 Å². The van der Waals surface area contributed by atoms with Gasteiger partial charge in [0, 0.05) is 17.5 Å². The van der Waals surface area contributed by atoms with E-state index in [1.165, 1.54) is 19.1 Å². The zero-order chi connectivity index (χ0) is 21.9. The summed E-state index contributed by atoms with van der Waals surface area (Å²) in [5, 5.41) is 2.83. The molecule has 0 heterocycles. The number of ether oxygens (including phenoxy) is 2. The fourth-order valence-electron chi connectivity index (χ4n) is 3.30. The summed E-state index contributed by atoms with van der Waals surface area (Å²) in [6.45, 7) is 0.709. The molecular weight excluding hydrogens is 448 g/mol. The van der Waals surface area contributed by atoms with E-state index in [0.29, 0.717) is 28.0 Å². The lowest BCUT2D eigenvalue weighted by atomic mass is 9.88. The smallest absolute Gasteiger partial charge is 0.339 e. The number of hydrogen-bond donors (Lipinski definition) is 2. The number of halogens is 1. The number of benzene rings is 2. The highest BCUT2D eigenvalue weighted by molar-refractivity contribution is 9.10. The largest absolute Gasteiger partial charge is 0.465 e. The Bertz CT molecular complexity index is 837. The summed E-state index contributed by atoms with van der Waals surface area (Å²) in [4.78, 5) is 23.9. The fraction of sp³-hybridized carbons (Fsp3) is 0.391. The topological polar surface area (TPSA) is 90.7 Å². The molecule has 0 radical (unpaired) electrons. The molecule has 3 N–H and O–H groups in total. The number of hydrogen-bond acceptors (Lipinski definition) is 5. The molecule has 6 nitrogen and oxygen atoms in total. The summed E-state index contributed by atoms with van der Waals surface area (Å²) in [6.07, 6.45) is 5.18. The third-order valence-electron chi connectivity index (χ3n) is 4.93. The first-order chi connectivity index (χ1) is 14.5. The van der Waals surface area contributed by atoms with Crippen molar-refractivity contribution in [2.75, 3.05) is 25.3 Å². The molecule has 0 saturated heterocycles. The lowest BCUT2D eigenvalue weighted by molar-refractivity contribution is -0.120. The maximum atomic E-state index is 12.3. The van der Waals surface area contributed by atoms with E-state index in [4.69, 9.17) is 15.2 Å². The predicted molar refractivity (Wildman–Crippen MR) is 122 cm³/mol. The Morgan fingerprint density at radius 3 is 2.37 bits per heavy atom. The van der Waals surface area contributed by atoms with Crippen LogP contribution in [0.5, 0.6) is 0 Å². The van der Waals surface area contributed by atoms with Gasteiger partial charge < -0.3 is 20.5 Å². The van der Waals surface area contributed by atoms with Gasteiger partial charge >= 0.3 is 5.97 Å². The average Bonchev–Trinajstić information content (AvgIpc) is 2.77. The van der Waals surface area contributed by atoms with Crippen LogP contribution in [-0.4, -0.2) is 26.1 Å². The summed E-state index contributed by atoms with van der Waals surface area (Å²) in [6, 6.07) is 13.3. The predicted octanol–water partition coefficient (Wildman–Crippen LogP) is 5.17. The third kappa shape index (κ3) is 7.15. The van der Waals surface area contributed by atoms with E-state index < -0.39 is 5.97 Å². The fourth-order valence-corrected chi connectivity index (χ4v) is 3.83. The molecule has 0 atom stereocenters. The minimum atomic E-state index is -0.477. The first kappa shape index (κ1) is 23.9. The Hall–Kier alpha value is -2.38. The Morgan fingerprint density at radius 2 is 1.77 bits per heavy atom. The number of amides is 1. The lowest BCUT2D eigenvalue weighted by Crippen LogP contribution is -2.25. The second-order valence-corrected chi connectivity index (χ2v) is 8.01. The van der Waals surface area contributed by atoms with E-state index in [0.717, 1.165) is 25.7 Å². The molecule has 2 aromatic rings. The van der Waals surface area contributed by atoms with Crippen molar-refractivity contribution < 1.29 is 19.1 Å². The van der Waals surface area contributed by atoms with Crippen molar-refractivity contribution >= 4 is 39.2 Å². The number of anilines is 2. The summed E-state index contributed by atoms with van der Waals surface area (Å²) in [5.41, 5.74) is 8.34. The van der Waals surface area contributed by atoms with Crippen LogP contribution >= 0.6 is 15.9 Å². The molecule has 0 bridgehead atoms. The van der Waals surface area contributed by atoms with E-state index in [-0.39, 0.29) is 11.8 Å². The van der Waals surface area contributed by atoms with Crippen molar-refractivity contribution in [1.29, 1.82) is 0 Å². The van der Waals surface area contributed by atoms with E-state index in [1.807, 2.05) is 30.3 Å². The number of nitrogens with two attached hydrogens (primary N) is 1. The van der Waals surface area contributed by atoms with Gasteiger partial charge in [-0.3, -0.25) is 4.79 Å². The van der Waals surface area contributed by atoms with Gasteiger partial charge in [-0.05, 0) is 46.5 Å². The van der Waals surface area contributed by atoms with Gasteiger partial charge in [0.1, 0.15) is 0 Å². The van der Waals surface area contributed by atoms with Crippen LogP contribution in [0.4, 0.5) is 11.4 Å². The van der Waals surface area contributed by atoms with Gasteiger partial charge in [0.25, 0.3) is 0 Å². The third-order valence-corrected chi connectivity index (χ3v) is 5.59. The van der Waals surface area contributed by atoms with Crippen LogP contribution in [0.2, 0.25) is 0 Å². The summed E-state index contributed by atoms with van der Waals surface area (Å²) < 4.78 is 10.2. The second-order valence-electron chi connectivity index (χ2n) is 7.15. The van der Waals surface area contributed by atoms with Gasteiger partial charge in [0.15, 0.2) is 0 Å². The summed E-state index contributed by atoms with van der Waals surface area (Å²) in [5.74, 6) is -0.474. The molecule has 162 valence electrons. The van der Waals surface area contributed by atoms with Crippen molar-refractivity contribution in [2.24, 2.45) is 5.92 Å². The highest BCUT2D eigenvalue weighted by atomic mass is 79.9. The van der Waals surface area contributed by atoms with Crippen molar-refractivity contribution in [3.8, 4) is 0 Å². The van der Waals surface area contributed by atoms with Crippen LogP contribution in [-0.2, 0) is 20.9 Å². The van der Waals surface area contributed by atoms with Gasteiger partial charge in [-0.15, -0.1) is 0 Å². The van der Waals surface area contributed by atoms with Gasteiger partial charge in [0.2, 0.25) is 5.91 Å². The first-order valence-electron chi connectivity index (χ1n) is 9.97. The maximum Gasteiger partial charge on any atom is 0.339 e. The molecule has 0 spiro atoms. The molecule has 30 heavy (non-hydrogen) atoms. The van der Waals surface area contributed by atoms with E-state index >= 15 is 0 Å². The second kappa shape index (κ2) is 12.3. The molecule has 1 saturated carbocycles. The highest BCUT2D eigenvalue weighted by Gasteiger charge is 2.22. The Morgan fingerprint density at radius 1 is 1.10 bits per heavy atom. The standard InChI is InChI=1S/C15H19BrN2O3.C8H10O/c1-21-15(20)10-7-13(12(17)8-11(10)16)18-14(19)9-5-3-2-4-6-9;1-9-7-8-5-3-2-4-6-8/h7-9H,2-6,17H2,1H3,(H,18,19);2-6H,7H2,1H3. The number of esters is 1. The highest BCUT2D eigenvalue weighted by Crippen LogP contribution is 2.30. The zero-order valence-electron chi connectivity index (χ0n) is 17.4. The van der Waals surface area contributed by atoms with Crippen molar-refractivity contribution in [3.63, 3.8) is 0 Å². The van der Waals surface area contributed by atoms with Gasteiger partial charge in [0.05, 0.1) is 30.7 Å². The lowest BCUT2D eigenvalue weighted by Gasteiger charge is -2.21. The molecule has 3 rings (SSSR count). The Balaban J connectivity index is 0.000000297. The SMILES string of the molecule is COC(=O)c1cc(NC(=O)C2CCCCC2)c(N)cc1Br.COCc1ccccc1. The van der Waals surface area contributed by atoms with E-state index in [2.05, 4.69) is 21.2 Å². The number of carbonyl (C=O) groups is 2. The number of rotatable bonds is 5. The van der Waals surface area contributed by atoms with Crippen LogP contribution < -0.4 is 11.1 Å². The molecule has 0 aliphatic heterocycles. The van der Waals surface area contributed by atoms with Gasteiger partial charge in [-0.2, -0.15) is 0 Å².